The predicted molar refractivity (Wildman–Crippen MR) is 79.6 cm³/mol. The molecule has 9 heteroatoms. The van der Waals surface area contributed by atoms with Crippen LogP contribution in [-0.4, -0.2) is 24.1 Å². The van der Waals surface area contributed by atoms with Crippen molar-refractivity contribution >= 4 is 23.2 Å². The van der Waals surface area contributed by atoms with Gasteiger partial charge in [-0.2, -0.15) is 13.2 Å². The molecule has 2 aromatic rings. The number of carbonyl (C=O) groups is 1. The fraction of sp³-hybridized carbons (Fsp3) is 0.200. The van der Waals surface area contributed by atoms with Crippen LogP contribution in [0, 0.1) is 0 Å². The summed E-state index contributed by atoms with van der Waals surface area (Å²) in [6.45, 7) is 0.761. The van der Waals surface area contributed by atoms with E-state index in [0.717, 1.165) is 18.3 Å². The number of carbonyl (C=O) groups excluding carboxylic acids is 1. The second kappa shape index (κ2) is 6.20. The lowest BCUT2D eigenvalue weighted by atomic mass is 10.2. The molecule has 24 heavy (non-hydrogen) atoms. The van der Waals surface area contributed by atoms with Crippen LogP contribution in [0.3, 0.4) is 0 Å². The number of hydrogen-bond acceptors (Lipinski definition) is 4. The number of fused-ring (bicyclic) bond motifs is 1. The molecule has 1 aromatic carbocycles. The maximum Gasteiger partial charge on any atom is 0.433 e. The first-order valence-corrected chi connectivity index (χ1v) is 7.16. The lowest BCUT2D eigenvalue weighted by molar-refractivity contribution is -0.141. The number of amides is 1. The Morgan fingerprint density at radius 1 is 1.17 bits per heavy atom. The molecule has 3 rings (SSSR count). The highest BCUT2D eigenvalue weighted by Gasteiger charge is 2.32. The van der Waals surface area contributed by atoms with Crippen LogP contribution in [0.5, 0.6) is 11.5 Å². The van der Waals surface area contributed by atoms with Crippen molar-refractivity contribution in [1.82, 2.24) is 4.98 Å². The number of rotatable bonds is 2. The summed E-state index contributed by atoms with van der Waals surface area (Å²) in [5.74, 6) is 0.238. The van der Waals surface area contributed by atoms with Gasteiger partial charge in [-0.15, -0.1) is 0 Å². The lowest BCUT2D eigenvalue weighted by Crippen LogP contribution is -2.17. The Balaban J connectivity index is 1.80. The highest BCUT2D eigenvalue weighted by Crippen LogP contribution is 2.38. The molecule has 5 nitrogen and oxygen atoms in total. The number of benzene rings is 1. The van der Waals surface area contributed by atoms with E-state index in [0.29, 0.717) is 24.7 Å². The molecule has 1 amide bonds. The molecule has 0 radical (unpaired) electrons. The summed E-state index contributed by atoms with van der Waals surface area (Å²) in [4.78, 5) is 15.4. The molecule has 0 fully saturated rings. The van der Waals surface area contributed by atoms with Gasteiger partial charge in [-0.25, -0.2) is 0 Å². The summed E-state index contributed by atoms with van der Waals surface area (Å²) in [6, 6.07) is 4.76. The van der Waals surface area contributed by atoms with Crippen molar-refractivity contribution in [3.63, 3.8) is 0 Å². The maximum absolute atomic E-state index is 12.5. The number of halogens is 4. The van der Waals surface area contributed by atoms with Gasteiger partial charge in [-0.3, -0.25) is 9.78 Å². The number of alkyl halides is 3. The van der Waals surface area contributed by atoms with E-state index >= 15 is 0 Å². The van der Waals surface area contributed by atoms with E-state index in [2.05, 4.69) is 10.3 Å². The van der Waals surface area contributed by atoms with Gasteiger partial charge in [0.1, 0.15) is 18.9 Å². The molecule has 1 aromatic heterocycles. The molecule has 0 bridgehead atoms. The molecule has 0 saturated heterocycles. The van der Waals surface area contributed by atoms with E-state index < -0.39 is 17.8 Å². The standard InChI is InChI=1S/C15H10ClF3N2O3/c16-9-5-11-12(24-4-3-23-11)6-10(9)21-14(22)8-1-2-13(20-7-8)15(17,18)19/h1-2,5-7H,3-4H2,(H,21,22). The van der Waals surface area contributed by atoms with E-state index in [1.807, 2.05) is 0 Å². The van der Waals surface area contributed by atoms with E-state index in [9.17, 15) is 18.0 Å². The van der Waals surface area contributed by atoms with Crippen LogP contribution in [-0.2, 0) is 6.18 Å². The minimum Gasteiger partial charge on any atom is -0.486 e. The summed E-state index contributed by atoms with van der Waals surface area (Å²) >= 11 is 6.06. The Hall–Kier alpha value is -2.48. The zero-order valence-electron chi connectivity index (χ0n) is 12.0. The maximum atomic E-state index is 12.5. The molecule has 0 unspecified atom stereocenters. The average molecular weight is 359 g/mol. The fourth-order valence-corrected chi connectivity index (χ4v) is 2.25. The Morgan fingerprint density at radius 3 is 2.42 bits per heavy atom. The smallest absolute Gasteiger partial charge is 0.433 e. The number of nitrogens with zero attached hydrogens (tertiary/aromatic N) is 1. The number of anilines is 1. The highest BCUT2D eigenvalue weighted by molar-refractivity contribution is 6.34. The van der Waals surface area contributed by atoms with Gasteiger partial charge in [0.05, 0.1) is 16.3 Å². The molecule has 0 saturated carbocycles. The highest BCUT2D eigenvalue weighted by atomic mass is 35.5. The van der Waals surface area contributed by atoms with Crippen LogP contribution in [0.25, 0.3) is 0 Å². The third kappa shape index (κ3) is 3.38. The van der Waals surface area contributed by atoms with Crippen molar-refractivity contribution in [2.45, 2.75) is 6.18 Å². The average Bonchev–Trinajstić information content (AvgIpc) is 2.55. The van der Waals surface area contributed by atoms with Crippen LogP contribution >= 0.6 is 11.6 Å². The summed E-state index contributed by atoms with van der Waals surface area (Å²) < 4.78 is 48.2. The summed E-state index contributed by atoms with van der Waals surface area (Å²) in [5.41, 5.74) is -0.851. The number of aromatic nitrogens is 1. The van der Waals surface area contributed by atoms with Gasteiger partial charge in [-0.05, 0) is 12.1 Å². The molecule has 2 heterocycles. The third-order valence-corrected chi connectivity index (χ3v) is 3.51. The molecule has 1 aliphatic rings. The van der Waals surface area contributed by atoms with Gasteiger partial charge in [0.2, 0.25) is 0 Å². The molecule has 0 spiro atoms. The first-order chi connectivity index (χ1) is 11.3. The van der Waals surface area contributed by atoms with Crippen molar-refractivity contribution in [2.24, 2.45) is 0 Å². The van der Waals surface area contributed by atoms with Gasteiger partial charge in [0, 0.05) is 18.3 Å². The first-order valence-electron chi connectivity index (χ1n) is 6.78. The van der Waals surface area contributed by atoms with E-state index in [1.54, 1.807) is 0 Å². The lowest BCUT2D eigenvalue weighted by Gasteiger charge is -2.20. The van der Waals surface area contributed by atoms with Gasteiger partial charge < -0.3 is 14.8 Å². The quantitative estimate of drug-likeness (QED) is 0.887. The van der Waals surface area contributed by atoms with Gasteiger partial charge in [0.15, 0.2) is 11.5 Å². The second-order valence-electron chi connectivity index (χ2n) is 4.86. The van der Waals surface area contributed by atoms with Crippen molar-refractivity contribution in [3.05, 3.63) is 46.7 Å². The molecule has 126 valence electrons. The Kier molecular flexibility index (Phi) is 4.23. The summed E-state index contributed by atoms with van der Waals surface area (Å²) in [6.07, 6.45) is -3.71. The monoisotopic (exact) mass is 358 g/mol. The zero-order valence-corrected chi connectivity index (χ0v) is 12.7. The van der Waals surface area contributed by atoms with E-state index in [1.165, 1.54) is 12.1 Å². The first kappa shape index (κ1) is 16.4. The minimum atomic E-state index is -4.56. The third-order valence-electron chi connectivity index (χ3n) is 3.20. The van der Waals surface area contributed by atoms with Crippen molar-refractivity contribution < 1.29 is 27.4 Å². The molecule has 0 aliphatic carbocycles. The number of nitrogens with one attached hydrogen (secondary N) is 1. The molecule has 1 aliphatic heterocycles. The summed E-state index contributed by atoms with van der Waals surface area (Å²) in [7, 11) is 0. The van der Waals surface area contributed by atoms with Crippen molar-refractivity contribution in [1.29, 1.82) is 0 Å². The van der Waals surface area contributed by atoms with E-state index in [4.69, 9.17) is 21.1 Å². The minimum absolute atomic E-state index is 0.0334. The Bertz CT molecular complexity index is 779. The fourth-order valence-electron chi connectivity index (χ4n) is 2.05. The number of hydrogen-bond donors (Lipinski definition) is 1. The Labute approximate surface area is 139 Å². The van der Waals surface area contributed by atoms with Gasteiger partial charge in [-0.1, -0.05) is 11.6 Å². The van der Waals surface area contributed by atoms with E-state index in [-0.39, 0.29) is 16.3 Å². The number of ether oxygens (including phenoxy) is 2. The van der Waals surface area contributed by atoms with Crippen molar-refractivity contribution in [3.8, 4) is 11.5 Å². The normalized spacial score (nSPS) is 13.5. The predicted octanol–water partition coefficient (Wildman–Crippen LogP) is 3.78. The van der Waals surface area contributed by atoms with Crippen LogP contribution in [0.1, 0.15) is 16.1 Å². The topological polar surface area (TPSA) is 60.5 Å². The van der Waals surface area contributed by atoms with Crippen LogP contribution < -0.4 is 14.8 Å². The van der Waals surface area contributed by atoms with Crippen molar-refractivity contribution in [2.75, 3.05) is 18.5 Å². The molecule has 1 N–H and O–H groups in total. The Morgan fingerprint density at radius 2 is 1.83 bits per heavy atom. The molecule has 0 atom stereocenters. The van der Waals surface area contributed by atoms with Crippen LogP contribution in [0.2, 0.25) is 5.02 Å². The van der Waals surface area contributed by atoms with Gasteiger partial charge in [0.25, 0.3) is 5.91 Å². The van der Waals surface area contributed by atoms with Gasteiger partial charge >= 0.3 is 6.18 Å². The SMILES string of the molecule is O=C(Nc1cc2c(cc1Cl)OCCO2)c1ccc(C(F)(F)F)nc1. The van der Waals surface area contributed by atoms with Crippen LogP contribution in [0.15, 0.2) is 30.5 Å². The number of pyridine rings is 1. The summed E-state index contributed by atoms with van der Waals surface area (Å²) in [5, 5.41) is 2.72. The second-order valence-corrected chi connectivity index (χ2v) is 5.27. The molecular formula is C15H10ClF3N2O3. The largest absolute Gasteiger partial charge is 0.486 e. The zero-order chi connectivity index (χ0) is 17.3. The molecular weight excluding hydrogens is 349 g/mol. The van der Waals surface area contributed by atoms with Crippen LogP contribution in [0.4, 0.5) is 18.9 Å².